The van der Waals surface area contributed by atoms with Crippen LogP contribution in [0.15, 0.2) is 4.52 Å². The van der Waals surface area contributed by atoms with Gasteiger partial charge >= 0.3 is 0 Å². The summed E-state index contributed by atoms with van der Waals surface area (Å²) in [4.78, 5) is 21.4. The number of amides is 1. The molecule has 1 amide bonds. The molecule has 3 rings (SSSR count). The molecule has 2 saturated heterocycles. The summed E-state index contributed by atoms with van der Waals surface area (Å²) in [6.07, 6.45) is 2.84. The second kappa shape index (κ2) is 8.07. The van der Waals surface area contributed by atoms with Gasteiger partial charge in [-0.1, -0.05) is 19.0 Å². The average Bonchev–Trinajstić information content (AvgIpc) is 3.01. The van der Waals surface area contributed by atoms with Crippen molar-refractivity contribution >= 4 is 5.91 Å². The van der Waals surface area contributed by atoms with Crippen molar-refractivity contribution in [3.05, 3.63) is 11.7 Å². The molecule has 2 aliphatic heterocycles. The molecule has 1 aromatic rings. The van der Waals surface area contributed by atoms with Crippen LogP contribution in [-0.2, 0) is 22.5 Å². The largest absolute Gasteiger partial charge is 0.378 e. The molecule has 24 heavy (non-hydrogen) atoms. The summed E-state index contributed by atoms with van der Waals surface area (Å²) in [5.41, 5.74) is 0. The molecule has 3 heterocycles. The molecule has 7 nitrogen and oxygen atoms in total. The molecule has 1 aromatic heterocycles. The molecule has 1 atom stereocenters. The van der Waals surface area contributed by atoms with Gasteiger partial charge in [-0.3, -0.25) is 9.69 Å². The van der Waals surface area contributed by atoms with Crippen molar-refractivity contribution in [2.45, 2.75) is 39.7 Å². The Bertz CT molecular complexity index is 540. The van der Waals surface area contributed by atoms with Crippen LogP contribution in [0.4, 0.5) is 0 Å². The first kappa shape index (κ1) is 17.4. The number of hydrogen-bond donors (Lipinski definition) is 0. The molecule has 0 spiro atoms. The maximum Gasteiger partial charge on any atom is 0.240 e. The van der Waals surface area contributed by atoms with Crippen molar-refractivity contribution in [3.63, 3.8) is 0 Å². The lowest BCUT2D eigenvalue weighted by atomic mass is 9.96. The summed E-state index contributed by atoms with van der Waals surface area (Å²) in [7, 11) is 0. The number of nitrogens with zero attached hydrogens (tertiary/aromatic N) is 4. The van der Waals surface area contributed by atoms with E-state index in [0.717, 1.165) is 51.3 Å². The van der Waals surface area contributed by atoms with Gasteiger partial charge in [0.15, 0.2) is 5.82 Å². The van der Waals surface area contributed by atoms with Gasteiger partial charge in [0.2, 0.25) is 11.8 Å². The van der Waals surface area contributed by atoms with Gasteiger partial charge in [0.25, 0.3) is 0 Å². The van der Waals surface area contributed by atoms with Gasteiger partial charge in [0, 0.05) is 26.1 Å². The fourth-order valence-electron chi connectivity index (χ4n) is 3.44. The minimum atomic E-state index is 0.0786. The third kappa shape index (κ3) is 4.54. The predicted molar refractivity (Wildman–Crippen MR) is 88.2 cm³/mol. The number of ether oxygens (including phenoxy) is 1. The minimum Gasteiger partial charge on any atom is -0.378 e. The molecule has 7 heteroatoms. The minimum absolute atomic E-state index is 0.0786. The molecule has 2 aliphatic rings. The highest BCUT2D eigenvalue weighted by Gasteiger charge is 2.30. The SMILES string of the molecule is CC(C)Cc1noc(CN2CCC[C@H](C(=O)N3CCOCC3)C2)n1. The van der Waals surface area contributed by atoms with Crippen LogP contribution in [0, 0.1) is 11.8 Å². The van der Waals surface area contributed by atoms with Crippen LogP contribution in [0.3, 0.4) is 0 Å². The van der Waals surface area contributed by atoms with Gasteiger partial charge in [-0.15, -0.1) is 0 Å². The molecule has 0 aliphatic carbocycles. The summed E-state index contributed by atoms with van der Waals surface area (Å²) in [6.45, 7) is 9.43. The van der Waals surface area contributed by atoms with E-state index >= 15 is 0 Å². The summed E-state index contributed by atoms with van der Waals surface area (Å²) < 4.78 is 10.7. The van der Waals surface area contributed by atoms with Gasteiger partial charge in [-0.05, 0) is 25.3 Å². The Kier molecular flexibility index (Phi) is 5.84. The standard InChI is InChI=1S/C17H28N4O3/c1-13(2)10-15-18-16(24-19-15)12-20-5-3-4-14(11-20)17(22)21-6-8-23-9-7-21/h13-14H,3-12H2,1-2H3/t14-/m0/s1. The van der Waals surface area contributed by atoms with Crippen LogP contribution in [0.25, 0.3) is 0 Å². The molecule has 0 saturated carbocycles. The van der Waals surface area contributed by atoms with Crippen molar-refractivity contribution in [1.29, 1.82) is 0 Å². The monoisotopic (exact) mass is 336 g/mol. The fraction of sp³-hybridized carbons (Fsp3) is 0.824. The Labute approximate surface area is 143 Å². The zero-order chi connectivity index (χ0) is 16.9. The normalized spacial score (nSPS) is 23.0. The highest BCUT2D eigenvalue weighted by Crippen LogP contribution is 2.21. The molecule has 0 bridgehead atoms. The van der Waals surface area contributed by atoms with Gasteiger partial charge in [0.1, 0.15) is 0 Å². The van der Waals surface area contributed by atoms with Crippen LogP contribution < -0.4 is 0 Å². The van der Waals surface area contributed by atoms with Crippen LogP contribution in [0.1, 0.15) is 38.4 Å². The Balaban J connectivity index is 1.53. The summed E-state index contributed by atoms with van der Waals surface area (Å²) >= 11 is 0. The van der Waals surface area contributed by atoms with Crippen molar-refractivity contribution < 1.29 is 14.1 Å². The van der Waals surface area contributed by atoms with Crippen LogP contribution in [0.5, 0.6) is 0 Å². The highest BCUT2D eigenvalue weighted by atomic mass is 16.5. The highest BCUT2D eigenvalue weighted by molar-refractivity contribution is 5.79. The molecule has 2 fully saturated rings. The molecular weight excluding hydrogens is 308 g/mol. The number of morpholine rings is 1. The van der Waals surface area contributed by atoms with Gasteiger partial charge in [-0.25, -0.2) is 0 Å². The topological polar surface area (TPSA) is 71.7 Å². The van der Waals surface area contributed by atoms with E-state index in [0.29, 0.717) is 31.6 Å². The van der Waals surface area contributed by atoms with Crippen LogP contribution in [-0.4, -0.2) is 65.2 Å². The number of carbonyl (C=O) groups excluding carboxylic acids is 1. The second-order valence-electron chi connectivity index (χ2n) is 7.21. The van der Waals surface area contributed by atoms with Crippen molar-refractivity contribution in [3.8, 4) is 0 Å². The van der Waals surface area contributed by atoms with E-state index in [9.17, 15) is 4.79 Å². The quantitative estimate of drug-likeness (QED) is 0.808. The third-order valence-electron chi connectivity index (χ3n) is 4.64. The van der Waals surface area contributed by atoms with E-state index in [2.05, 4.69) is 28.9 Å². The molecule has 0 N–H and O–H groups in total. The first-order chi connectivity index (χ1) is 11.6. The lowest BCUT2D eigenvalue weighted by Gasteiger charge is -2.35. The molecular formula is C17H28N4O3. The maximum absolute atomic E-state index is 12.7. The van der Waals surface area contributed by atoms with Crippen LogP contribution in [0.2, 0.25) is 0 Å². The van der Waals surface area contributed by atoms with E-state index in [1.54, 1.807) is 0 Å². The summed E-state index contributed by atoms with van der Waals surface area (Å²) in [5, 5.41) is 4.05. The Morgan fingerprint density at radius 2 is 2.08 bits per heavy atom. The molecule has 0 radical (unpaired) electrons. The number of hydrogen-bond acceptors (Lipinski definition) is 6. The second-order valence-corrected chi connectivity index (χ2v) is 7.21. The van der Waals surface area contributed by atoms with Crippen LogP contribution >= 0.6 is 0 Å². The van der Waals surface area contributed by atoms with Crippen molar-refractivity contribution in [2.24, 2.45) is 11.8 Å². The number of carbonyl (C=O) groups is 1. The maximum atomic E-state index is 12.7. The molecule has 134 valence electrons. The molecule has 0 unspecified atom stereocenters. The fourth-order valence-corrected chi connectivity index (χ4v) is 3.44. The number of aromatic nitrogens is 2. The summed E-state index contributed by atoms with van der Waals surface area (Å²) in [5.74, 6) is 2.30. The average molecular weight is 336 g/mol. The lowest BCUT2D eigenvalue weighted by molar-refractivity contribution is -0.141. The third-order valence-corrected chi connectivity index (χ3v) is 4.64. The van der Waals surface area contributed by atoms with E-state index < -0.39 is 0 Å². The van der Waals surface area contributed by atoms with E-state index in [1.807, 2.05) is 4.90 Å². The van der Waals surface area contributed by atoms with E-state index in [1.165, 1.54) is 0 Å². The van der Waals surface area contributed by atoms with Crippen molar-refractivity contribution in [1.82, 2.24) is 19.9 Å². The smallest absolute Gasteiger partial charge is 0.240 e. The van der Waals surface area contributed by atoms with Gasteiger partial charge < -0.3 is 14.2 Å². The Hall–Kier alpha value is -1.47. The molecule has 0 aromatic carbocycles. The van der Waals surface area contributed by atoms with Gasteiger partial charge in [-0.2, -0.15) is 4.98 Å². The predicted octanol–water partition coefficient (Wildman–Crippen LogP) is 1.34. The first-order valence-corrected chi connectivity index (χ1v) is 9.02. The zero-order valence-electron chi connectivity index (χ0n) is 14.7. The van der Waals surface area contributed by atoms with E-state index in [-0.39, 0.29) is 11.8 Å². The first-order valence-electron chi connectivity index (χ1n) is 9.02. The number of rotatable bonds is 5. The number of likely N-dealkylation sites (tertiary alicyclic amines) is 1. The Morgan fingerprint density at radius 1 is 1.29 bits per heavy atom. The zero-order valence-corrected chi connectivity index (χ0v) is 14.7. The van der Waals surface area contributed by atoms with E-state index in [4.69, 9.17) is 9.26 Å². The van der Waals surface area contributed by atoms with Gasteiger partial charge in [0.05, 0.1) is 25.7 Å². The number of piperidine rings is 1. The van der Waals surface area contributed by atoms with Crippen molar-refractivity contribution in [2.75, 3.05) is 39.4 Å². The lowest BCUT2D eigenvalue weighted by Crippen LogP contribution is -2.48. The Morgan fingerprint density at radius 3 is 2.83 bits per heavy atom. The summed E-state index contributed by atoms with van der Waals surface area (Å²) in [6, 6.07) is 0.